The Morgan fingerprint density at radius 1 is 0.823 bits per heavy atom. The Morgan fingerprint density at radius 2 is 1.41 bits per heavy atom. The number of aliphatic hydroxyl groups is 1. The minimum Gasteiger partial charge on any atom is -0.465 e. The number of nitrogens with one attached hydrogen (secondary N) is 4. The number of alkyl halides is 8. The van der Waals surface area contributed by atoms with Gasteiger partial charge in [0.05, 0.1) is 55.0 Å². The molecule has 4 aliphatic heterocycles. The van der Waals surface area contributed by atoms with Gasteiger partial charge in [0.15, 0.2) is 0 Å². The fourth-order valence-electron chi connectivity index (χ4n) is 9.33. The number of benzene rings is 2. The van der Waals surface area contributed by atoms with E-state index in [0.717, 1.165) is 57.9 Å². The van der Waals surface area contributed by atoms with E-state index in [1.54, 1.807) is 6.20 Å². The number of nitrogens with zero attached hydrogens (tertiary/aromatic N) is 6. The Morgan fingerprint density at radius 3 is 1.91 bits per heavy atom. The highest BCUT2D eigenvalue weighted by molar-refractivity contribution is 5.87. The summed E-state index contributed by atoms with van der Waals surface area (Å²) >= 11 is 0. The van der Waals surface area contributed by atoms with Gasteiger partial charge in [0.1, 0.15) is 29.5 Å². The Bertz CT molecular complexity index is 2870. The van der Waals surface area contributed by atoms with E-state index in [2.05, 4.69) is 41.8 Å². The number of hydrogen-bond acceptors (Lipinski definition) is 12. The van der Waals surface area contributed by atoms with Gasteiger partial charge in [-0.2, -0.15) is 40.2 Å². The summed E-state index contributed by atoms with van der Waals surface area (Å²) in [5.41, 5.74) is -4.68. The first-order chi connectivity index (χ1) is 37.0. The van der Waals surface area contributed by atoms with Crippen LogP contribution in [0.1, 0.15) is 62.9 Å². The first-order valence-electron chi connectivity index (χ1n) is 24.5. The van der Waals surface area contributed by atoms with Crippen LogP contribution in [-0.2, 0) is 32.0 Å². The number of fused-ring (bicyclic) bond motifs is 2. The number of hydrogen-bond donors (Lipinski definition) is 6. The number of carboxylic acid groups (broad SMARTS) is 1. The molecule has 6 heterocycles. The van der Waals surface area contributed by atoms with Gasteiger partial charge in [0.2, 0.25) is 5.91 Å². The number of pyridine rings is 1. The number of anilines is 1. The average molecular weight is 1130 g/mol. The van der Waals surface area contributed by atoms with Crippen LogP contribution in [0.5, 0.6) is 0 Å². The summed E-state index contributed by atoms with van der Waals surface area (Å²) in [5, 5.41) is 31.1. The molecule has 6 N–H and O–H groups in total. The van der Waals surface area contributed by atoms with Gasteiger partial charge in [-0.3, -0.25) is 19.9 Å². The summed E-state index contributed by atoms with van der Waals surface area (Å²) in [4.78, 5) is 61.4. The van der Waals surface area contributed by atoms with Crippen molar-refractivity contribution in [1.29, 1.82) is 0 Å². The number of aliphatic hydroxyl groups excluding tert-OH is 1. The van der Waals surface area contributed by atoms with E-state index in [1.165, 1.54) is 29.6 Å². The molecule has 79 heavy (non-hydrogen) atoms. The van der Waals surface area contributed by atoms with E-state index in [-0.39, 0.29) is 21.5 Å². The summed E-state index contributed by atoms with van der Waals surface area (Å²) < 4.78 is 155. The molecule has 4 aliphatic rings. The first kappa shape index (κ1) is 59.4. The lowest BCUT2D eigenvalue weighted by atomic mass is 9.82. The van der Waals surface area contributed by atoms with Crippen LogP contribution in [0.15, 0.2) is 67.0 Å². The van der Waals surface area contributed by atoms with Crippen molar-refractivity contribution in [2.45, 2.75) is 108 Å². The summed E-state index contributed by atoms with van der Waals surface area (Å²) in [6, 6.07) is 6.34. The minimum atomic E-state index is -5.28. The fourth-order valence-corrected chi connectivity index (χ4v) is 9.33. The second-order valence-corrected chi connectivity index (χ2v) is 20.4. The number of ether oxygens (including phenoxy) is 2. The number of carbonyl (C=O) groups excluding carboxylic acids is 3. The van der Waals surface area contributed by atoms with Gasteiger partial charge in [-0.15, -0.1) is 0 Å². The molecule has 0 radical (unpaired) electrons. The number of carbonyl (C=O) groups is 4. The van der Waals surface area contributed by atoms with Gasteiger partial charge >= 0.3 is 31.1 Å². The monoisotopic (exact) mass is 1130 g/mol. The van der Waals surface area contributed by atoms with Crippen LogP contribution >= 0.6 is 0 Å². The Labute approximate surface area is 445 Å². The van der Waals surface area contributed by atoms with Gasteiger partial charge in [-0.1, -0.05) is 24.0 Å². The largest absolute Gasteiger partial charge is 0.465 e. The highest BCUT2D eigenvalue weighted by atomic mass is 19.4. The van der Waals surface area contributed by atoms with E-state index in [9.17, 15) is 64.5 Å². The normalized spacial score (nSPS) is 18.5. The van der Waals surface area contributed by atoms with Gasteiger partial charge in [0.25, 0.3) is 5.91 Å². The van der Waals surface area contributed by atoms with E-state index in [4.69, 9.17) is 4.74 Å². The van der Waals surface area contributed by atoms with Crippen LogP contribution in [0.4, 0.5) is 59.3 Å². The van der Waals surface area contributed by atoms with Crippen LogP contribution < -0.4 is 26.3 Å². The fraction of sp³-hybridized carbons (Fsp3) is 0.490. The van der Waals surface area contributed by atoms with E-state index < -0.39 is 115 Å². The first-order valence-corrected chi connectivity index (χ1v) is 24.5. The second kappa shape index (κ2) is 23.6. The molecule has 0 aliphatic carbocycles. The SMILES string of the molecule is COC(=O)N[C@H](C(=O)N[C@@H](Cc1ccc(C#Cc2ccc(N3CC4CC(C3)N4C3COC3)nc2)cc1)[C@@H](O)CN(Cc1c(F)cc(-c2ccn(C(F)F)n2)cc1F)NC(=O)[C@@H](NC(=O)O)C(C)(C)C(F)(F)F)C(C)(C)C(F)(F)F. The molecule has 0 spiro atoms. The van der Waals surface area contributed by atoms with E-state index in [0.29, 0.717) is 74.1 Å². The van der Waals surface area contributed by atoms with Crippen molar-refractivity contribution in [1.82, 2.24) is 46.0 Å². The smallest absolute Gasteiger partial charge is 0.407 e. The molecule has 428 valence electrons. The third-order valence-electron chi connectivity index (χ3n) is 14.3. The topological polar surface area (TPSA) is 216 Å². The zero-order valence-corrected chi connectivity index (χ0v) is 42.9. The van der Waals surface area contributed by atoms with Gasteiger partial charge in [-0.25, -0.2) is 33.0 Å². The van der Waals surface area contributed by atoms with Crippen LogP contribution in [0.2, 0.25) is 0 Å². The lowest BCUT2D eigenvalue weighted by molar-refractivity contribution is -0.221. The van der Waals surface area contributed by atoms with Crippen molar-refractivity contribution < 1.29 is 82.8 Å². The van der Waals surface area contributed by atoms with Crippen molar-refractivity contribution in [3.05, 3.63) is 101 Å². The number of piperidine rings is 1. The maximum Gasteiger partial charge on any atom is 0.407 e. The quantitative estimate of drug-likeness (QED) is 0.0354. The predicted molar refractivity (Wildman–Crippen MR) is 260 cm³/mol. The van der Waals surface area contributed by atoms with Gasteiger partial charge < -0.3 is 40.5 Å². The van der Waals surface area contributed by atoms with Crippen molar-refractivity contribution >= 4 is 29.8 Å². The molecule has 4 saturated heterocycles. The third kappa shape index (κ3) is 13.6. The van der Waals surface area contributed by atoms with Crippen LogP contribution in [0.25, 0.3) is 11.3 Å². The van der Waals surface area contributed by atoms with Crippen molar-refractivity contribution in [3.63, 3.8) is 0 Å². The maximum absolute atomic E-state index is 16.0. The lowest BCUT2D eigenvalue weighted by Gasteiger charge is -2.60. The number of alkyl carbamates (subject to hydrolysis) is 1. The lowest BCUT2D eigenvalue weighted by Crippen LogP contribution is -2.74. The summed E-state index contributed by atoms with van der Waals surface area (Å²) in [6.07, 6.45) is -13.1. The highest BCUT2D eigenvalue weighted by Crippen LogP contribution is 2.42. The molecule has 2 unspecified atom stereocenters. The van der Waals surface area contributed by atoms with Crippen molar-refractivity contribution in [3.8, 4) is 23.1 Å². The Kier molecular flexibility index (Phi) is 17.8. The summed E-state index contributed by atoms with van der Waals surface area (Å²) in [7, 11) is 0.811. The van der Waals surface area contributed by atoms with Gasteiger partial charge in [0, 0.05) is 72.9 Å². The average Bonchev–Trinajstić information content (AvgIpc) is 4.06. The molecule has 2 bridgehead atoms. The molecule has 2 aromatic heterocycles. The molecule has 18 nitrogen and oxygen atoms in total. The molecular formula is C51H56F10N10O8. The van der Waals surface area contributed by atoms with E-state index in [1.807, 2.05) is 22.9 Å². The molecule has 8 rings (SSSR count). The van der Waals surface area contributed by atoms with Gasteiger partial charge in [-0.05, 0) is 88.6 Å². The minimum absolute atomic E-state index is 0.187. The number of halogens is 10. The molecule has 4 amide bonds. The number of aromatic nitrogens is 3. The van der Waals surface area contributed by atoms with Crippen LogP contribution in [0, 0.1) is 34.3 Å². The molecule has 2 aromatic carbocycles. The molecule has 0 saturated carbocycles. The standard InChI is InChI=1S/C51H56F10N10O8/c1-48(2,50(56,57)58)41(65-47(77)78-5)43(73)63-38(16-28-9-6-27(7-10-28)8-11-29-12-13-40(62-20-29)68-21-31-19-32(22-68)71(31)33-25-79-26-33)39(72)24-69(67-44(74)42(64-46(75)76)49(3,4)51(59,60)61)23-34-35(52)17-30(18-36(34)53)37-14-15-70(66-37)45(54)55/h6-7,9-10,12-15,17-18,20,31-33,38-39,41-42,45,64,72H,16,19,21-26H2,1-5H3,(H,63,73)(H,65,77)(H,67,74)(H,75,76)/t31?,32?,38-,39-,41+,42+/m0/s1. The molecular weight excluding hydrogens is 1070 g/mol. The number of amides is 4. The second-order valence-electron chi connectivity index (χ2n) is 20.4. The highest BCUT2D eigenvalue weighted by Gasteiger charge is 2.57. The van der Waals surface area contributed by atoms with E-state index >= 15 is 8.78 Å². The van der Waals surface area contributed by atoms with Crippen molar-refractivity contribution in [2.75, 3.05) is 44.9 Å². The number of methoxy groups -OCH3 is 1. The number of hydrazine groups is 1. The van der Waals surface area contributed by atoms with Crippen LogP contribution in [-0.4, -0.2) is 154 Å². The molecule has 4 aromatic rings. The number of piperazine rings is 1. The molecule has 28 heteroatoms. The molecule has 4 fully saturated rings. The summed E-state index contributed by atoms with van der Waals surface area (Å²) in [6.45, 7) is -0.211. The number of rotatable bonds is 19. The zero-order valence-electron chi connectivity index (χ0n) is 42.9. The Hall–Kier alpha value is -7.22. The van der Waals surface area contributed by atoms with Crippen molar-refractivity contribution in [2.24, 2.45) is 10.8 Å². The summed E-state index contributed by atoms with van der Waals surface area (Å²) in [5.74, 6) is 0.577. The maximum atomic E-state index is 16.0. The predicted octanol–water partition coefficient (Wildman–Crippen LogP) is 6.14. The molecule has 6 atom stereocenters. The third-order valence-corrected chi connectivity index (χ3v) is 14.3. The Balaban J connectivity index is 1.17. The zero-order chi connectivity index (χ0) is 57.9. The van der Waals surface area contributed by atoms with Crippen LogP contribution in [0.3, 0.4) is 0 Å².